The Morgan fingerprint density at radius 1 is 1.17 bits per heavy atom. The molecular weight excluding hydrogens is 385 g/mol. The molecular formula is C24H24FNO4. The number of carboxylic acids is 1. The molecule has 0 radical (unpaired) electrons. The number of aliphatic carboxylic acids is 1. The lowest BCUT2D eigenvalue weighted by Gasteiger charge is -2.34. The van der Waals surface area contributed by atoms with Crippen LogP contribution in [0.2, 0.25) is 0 Å². The lowest BCUT2D eigenvalue weighted by atomic mass is 9.70. The SMILES string of the molecule is Cc1cc(-n2c([C@@H]3CCOC3)c([C@H]3C[C@H](C(=O)O)C3)c3cc(O)ccc32)ccc1F. The summed E-state index contributed by atoms with van der Waals surface area (Å²) in [6, 6.07) is 10.4. The van der Waals surface area contributed by atoms with Crippen molar-refractivity contribution < 1.29 is 24.1 Å². The van der Waals surface area contributed by atoms with E-state index >= 15 is 0 Å². The maximum Gasteiger partial charge on any atom is 0.306 e. The molecule has 2 aromatic carbocycles. The Morgan fingerprint density at radius 3 is 2.63 bits per heavy atom. The lowest BCUT2D eigenvalue weighted by Crippen LogP contribution is -2.29. The highest BCUT2D eigenvalue weighted by Crippen LogP contribution is 2.50. The third-order valence-corrected chi connectivity index (χ3v) is 6.64. The number of carbonyl (C=O) groups is 1. The highest BCUT2D eigenvalue weighted by atomic mass is 19.1. The third-order valence-electron chi connectivity index (χ3n) is 6.64. The largest absolute Gasteiger partial charge is 0.508 e. The molecule has 0 spiro atoms. The van der Waals surface area contributed by atoms with Crippen molar-refractivity contribution in [3.8, 4) is 11.4 Å². The van der Waals surface area contributed by atoms with Crippen LogP contribution in [0.25, 0.3) is 16.6 Å². The first-order chi connectivity index (χ1) is 14.4. The van der Waals surface area contributed by atoms with E-state index in [4.69, 9.17) is 4.74 Å². The van der Waals surface area contributed by atoms with Crippen LogP contribution in [-0.2, 0) is 9.53 Å². The van der Waals surface area contributed by atoms with E-state index in [0.717, 1.165) is 34.3 Å². The minimum Gasteiger partial charge on any atom is -0.508 e. The Bertz CT molecular complexity index is 1140. The van der Waals surface area contributed by atoms with Gasteiger partial charge in [0.15, 0.2) is 0 Å². The van der Waals surface area contributed by atoms with Crippen molar-refractivity contribution in [1.82, 2.24) is 4.57 Å². The van der Waals surface area contributed by atoms with Gasteiger partial charge in [0.2, 0.25) is 0 Å². The van der Waals surface area contributed by atoms with Crippen LogP contribution in [0, 0.1) is 18.7 Å². The smallest absolute Gasteiger partial charge is 0.306 e. The van der Waals surface area contributed by atoms with Crippen molar-refractivity contribution in [2.75, 3.05) is 13.2 Å². The molecule has 6 heteroatoms. The number of phenolic OH excluding ortho intramolecular Hbond substituents is 1. The first kappa shape index (κ1) is 19.1. The quantitative estimate of drug-likeness (QED) is 0.645. The van der Waals surface area contributed by atoms with Crippen LogP contribution in [0.4, 0.5) is 4.39 Å². The summed E-state index contributed by atoms with van der Waals surface area (Å²) < 4.78 is 21.8. The van der Waals surface area contributed by atoms with E-state index in [1.807, 2.05) is 12.1 Å². The summed E-state index contributed by atoms with van der Waals surface area (Å²) in [5, 5.41) is 20.5. The Hall–Kier alpha value is -2.86. The van der Waals surface area contributed by atoms with Crippen molar-refractivity contribution in [2.45, 2.75) is 38.0 Å². The maximum absolute atomic E-state index is 14.0. The highest BCUT2D eigenvalue weighted by molar-refractivity contribution is 5.90. The van der Waals surface area contributed by atoms with Crippen LogP contribution < -0.4 is 0 Å². The van der Waals surface area contributed by atoms with Gasteiger partial charge in [0.05, 0.1) is 18.0 Å². The average molecular weight is 409 g/mol. The summed E-state index contributed by atoms with van der Waals surface area (Å²) in [5.41, 5.74) is 4.59. The molecule has 1 aliphatic heterocycles. The highest BCUT2D eigenvalue weighted by Gasteiger charge is 2.40. The van der Waals surface area contributed by atoms with Gasteiger partial charge in [-0.2, -0.15) is 0 Å². The van der Waals surface area contributed by atoms with Crippen molar-refractivity contribution in [3.05, 3.63) is 59.0 Å². The van der Waals surface area contributed by atoms with Crippen molar-refractivity contribution in [2.24, 2.45) is 5.92 Å². The molecule has 2 aliphatic rings. The molecule has 0 amide bonds. The van der Waals surface area contributed by atoms with Crippen molar-refractivity contribution in [1.29, 1.82) is 0 Å². The number of rotatable bonds is 4. The molecule has 1 atom stereocenters. The van der Waals surface area contributed by atoms with Crippen LogP contribution in [0.5, 0.6) is 5.75 Å². The third kappa shape index (κ3) is 2.98. The zero-order chi connectivity index (χ0) is 21.0. The van der Waals surface area contributed by atoms with Gasteiger partial charge in [-0.3, -0.25) is 4.79 Å². The predicted octanol–water partition coefficient (Wildman–Crippen LogP) is 4.87. The van der Waals surface area contributed by atoms with Crippen LogP contribution >= 0.6 is 0 Å². The Labute approximate surface area is 173 Å². The molecule has 5 nitrogen and oxygen atoms in total. The first-order valence-corrected chi connectivity index (χ1v) is 10.4. The number of ether oxygens (including phenoxy) is 1. The minimum absolute atomic E-state index is 0.119. The average Bonchev–Trinajstić information content (AvgIpc) is 3.29. The second kappa shape index (κ2) is 7.13. The number of carboxylic acid groups (broad SMARTS) is 1. The van der Waals surface area contributed by atoms with Gasteiger partial charge >= 0.3 is 5.97 Å². The molecule has 2 fully saturated rings. The van der Waals surface area contributed by atoms with Gasteiger partial charge in [-0.1, -0.05) is 0 Å². The summed E-state index contributed by atoms with van der Waals surface area (Å²) >= 11 is 0. The normalized spacial score (nSPS) is 23.6. The molecule has 156 valence electrons. The van der Waals surface area contributed by atoms with Crippen LogP contribution in [0.3, 0.4) is 0 Å². The lowest BCUT2D eigenvalue weighted by molar-refractivity contribution is -0.145. The molecule has 2 N–H and O–H groups in total. The topological polar surface area (TPSA) is 71.7 Å². The summed E-state index contributed by atoms with van der Waals surface area (Å²) in [6.45, 7) is 3.03. The maximum atomic E-state index is 14.0. The minimum atomic E-state index is -0.752. The molecule has 0 unspecified atom stereocenters. The molecule has 1 aromatic heterocycles. The van der Waals surface area contributed by atoms with E-state index in [0.29, 0.717) is 31.6 Å². The summed E-state index contributed by atoms with van der Waals surface area (Å²) in [6.07, 6.45) is 2.06. The van der Waals surface area contributed by atoms with E-state index in [-0.39, 0.29) is 29.3 Å². The molecule has 3 aromatic rings. The summed E-state index contributed by atoms with van der Waals surface area (Å²) in [5.74, 6) is -0.858. The monoisotopic (exact) mass is 409 g/mol. The Morgan fingerprint density at radius 2 is 1.97 bits per heavy atom. The van der Waals surface area contributed by atoms with E-state index in [1.165, 1.54) is 6.07 Å². The van der Waals surface area contributed by atoms with Crippen LogP contribution in [0.1, 0.15) is 47.9 Å². The number of benzene rings is 2. The molecule has 30 heavy (non-hydrogen) atoms. The first-order valence-electron chi connectivity index (χ1n) is 10.4. The molecule has 2 heterocycles. The Kier molecular flexibility index (Phi) is 4.54. The second-order valence-corrected chi connectivity index (χ2v) is 8.53. The fourth-order valence-electron chi connectivity index (χ4n) is 5.01. The zero-order valence-electron chi connectivity index (χ0n) is 16.8. The number of fused-ring (bicyclic) bond motifs is 1. The van der Waals surface area contributed by atoms with Gasteiger partial charge < -0.3 is 19.5 Å². The number of hydrogen-bond donors (Lipinski definition) is 2. The van der Waals surface area contributed by atoms with E-state index in [2.05, 4.69) is 4.57 Å². The van der Waals surface area contributed by atoms with Crippen molar-refractivity contribution in [3.63, 3.8) is 0 Å². The van der Waals surface area contributed by atoms with E-state index < -0.39 is 5.97 Å². The number of aryl methyl sites for hydroxylation is 1. The van der Waals surface area contributed by atoms with Crippen LogP contribution in [-0.4, -0.2) is 34.0 Å². The van der Waals surface area contributed by atoms with Gasteiger partial charge in [0, 0.05) is 29.3 Å². The van der Waals surface area contributed by atoms with E-state index in [1.54, 1.807) is 25.1 Å². The number of halogens is 1. The number of aromatic nitrogens is 1. The van der Waals surface area contributed by atoms with E-state index in [9.17, 15) is 19.4 Å². The summed E-state index contributed by atoms with van der Waals surface area (Å²) in [4.78, 5) is 11.4. The molecule has 1 saturated carbocycles. The van der Waals surface area contributed by atoms with Gasteiger partial charge in [-0.05, 0) is 79.6 Å². The van der Waals surface area contributed by atoms with Gasteiger partial charge in [-0.25, -0.2) is 4.39 Å². The Balaban J connectivity index is 1.76. The molecule has 0 bridgehead atoms. The number of aromatic hydroxyl groups is 1. The van der Waals surface area contributed by atoms with Crippen molar-refractivity contribution >= 4 is 16.9 Å². The fourth-order valence-corrected chi connectivity index (χ4v) is 5.01. The second-order valence-electron chi connectivity index (χ2n) is 8.53. The number of phenols is 1. The van der Waals surface area contributed by atoms with Crippen LogP contribution in [0.15, 0.2) is 36.4 Å². The number of hydrogen-bond acceptors (Lipinski definition) is 3. The molecule has 1 aliphatic carbocycles. The zero-order valence-corrected chi connectivity index (χ0v) is 16.8. The number of nitrogens with zero attached hydrogens (tertiary/aromatic N) is 1. The molecule has 5 rings (SSSR count). The van der Waals surface area contributed by atoms with Gasteiger partial charge in [0.1, 0.15) is 11.6 Å². The van der Waals surface area contributed by atoms with Gasteiger partial charge in [-0.15, -0.1) is 0 Å². The van der Waals surface area contributed by atoms with Gasteiger partial charge in [0.25, 0.3) is 0 Å². The molecule has 1 saturated heterocycles. The fraction of sp³-hybridized carbons (Fsp3) is 0.375. The standard InChI is InChI=1S/C24H24FNO4/c1-13-8-17(2-4-20(13)25)26-21-5-3-18(27)11-19(21)22(15-9-16(10-15)24(28)29)23(26)14-6-7-30-12-14/h2-5,8,11,14-16,27H,6-7,9-10,12H2,1H3,(H,28,29)/t14-,15-,16-/m1/s1. The summed E-state index contributed by atoms with van der Waals surface area (Å²) in [7, 11) is 0. The predicted molar refractivity (Wildman–Crippen MR) is 111 cm³/mol.